The summed E-state index contributed by atoms with van der Waals surface area (Å²) in [6.07, 6.45) is 4.20. The molecule has 28 nitrogen and oxygen atoms in total. The van der Waals surface area contributed by atoms with Gasteiger partial charge in [0.05, 0.1) is 57.8 Å². The van der Waals surface area contributed by atoms with Gasteiger partial charge in [-0.1, -0.05) is 50.2 Å². The lowest BCUT2D eigenvalue weighted by Gasteiger charge is -2.27. The minimum Gasteiger partial charge on any atom is -0.494 e. The summed E-state index contributed by atoms with van der Waals surface area (Å²) in [5.74, 6) is -6.05. The average molecular weight is 1190 g/mol. The standard InChI is InChI=1S/C57H82N14O14/c1-37(2)51-56(81)68-43(12-6-21-63-57(58)59)53(78)65-36-49(74)67-45(33-50(75)76)54(79)69-44(55(80)70-51)32-39-13-16-42(17-14-39)85-27-9-23-61-48(73)20-19-47(72)60-22-7-25-82-28-30-84-31-29-83-26-8-24-62-52(77)41-15-18-46(64-34-41)71-66-35-40-11-5-4-10-38(40)3/h4-5,10-11,13-18,34-35,37,43-45,51H,6-9,12,19-33,36H2,1-3H3,(H,60,72)(H,61,73)(H,62,77)(H,64,71)(H,65,78)(H,67,74)(H,68,81)(H,69,79)(H,70,80)(H,75,76)(H4,58,59,63)/b66-35+/t43-,44+,45-,51-/m0/s1. The number of rotatable bonds is 35. The number of hydrazone groups is 1. The summed E-state index contributed by atoms with van der Waals surface area (Å²) >= 11 is 0. The quantitative estimate of drug-likeness (QED) is 0.0155. The predicted molar refractivity (Wildman–Crippen MR) is 314 cm³/mol. The third-order valence-corrected chi connectivity index (χ3v) is 12.6. The van der Waals surface area contributed by atoms with Crippen LogP contribution in [0.4, 0.5) is 5.82 Å². The Morgan fingerprint density at radius 1 is 0.706 bits per heavy atom. The number of aromatic nitrogens is 1. The van der Waals surface area contributed by atoms with Crippen LogP contribution in [0.2, 0.25) is 0 Å². The molecule has 2 heterocycles. The number of nitrogens with one attached hydrogen (secondary N) is 9. The lowest BCUT2D eigenvalue weighted by atomic mass is 9.99. The van der Waals surface area contributed by atoms with Crippen molar-refractivity contribution in [2.24, 2.45) is 27.5 Å². The Morgan fingerprint density at radius 2 is 1.32 bits per heavy atom. The van der Waals surface area contributed by atoms with Gasteiger partial charge in [0.1, 0.15) is 35.7 Å². The van der Waals surface area contributed by atoms with Gasteiger partial charge >= 0.3 is 5.97 Å². The molecule has 0 saturated carbocycles. The molecule has 1 aromatic heterocycles. The van der Waals surface area contributed by atoms with E-state index in [2.05, 4.69) is 63.0 Å². The van der Waals surface area contributed by atoms with Crippen LogP contribution < -0.4 is 64.2 Å². The van der Waals surface area contributed by atoms with Crippen molar-refractivity contribution >= 4 is 71.2 Å². The van der Waals surface area contributed by atoms with E-state index in [4.69, 9.17) is 30.4 Å². The zero-order chi connectivity index (χ0) is 61.8. The van der Waals surface area contributed by atoms with Gasteiger partial charge in [0.15, 0.2) is 5.96 Å². The minimum atomic E-state index is -1.64. The molecule has 14 N–H and O–H groups in total. The number of carboxylic acids is 1. The fourth-order valence-corrected chi connectivity index (χ4v) is 7.99. The zero-order valence-corrected chi connectivity index (χ0v) is 48.4. The molecule has 1 aliphatic heterocycles. The molecule has 0 aliphatic carbocycles. The van der Waals surface area contributed by atoms with Gasteiger partial charge in [-0.05, 0) is 85.9 Å². The fraction of sp³-hybridized carbons (Fsp3) is 0.509. The van der Waals surface area contributed by atoms with Gasteiger partial charge in [-0.2, -0.15) is 5.10 Å². The van der Waals surface area contributed by atoms with Gasteiger partial charge in [-0.15, -0.1) is 0 Å². The number of hydrogen-bond acceptors (Lipinski definition) is 17. The number of nitrogens with two attached hydrogens (primary N) is 2. The first-order chi connectivity index (χ1) is 40.9. The summed E-state index contributed by atoms with van der Waals surface area (Å²) in [5.41, 5.74) is 16.7. The van der Waals surface area contributed by atoms with E-state index in [-0.39, 0.29) is 75.5 Å². The number of nitrogens with zero attached hydrogens (tertiary/aromatic N) is 3. The second-order valence-electron chi connectivity index (χ2n) is 19.9. The van der Waals surface area contributed by atoms with Gasteiger partial charge < -0.3 is 78.1 Å². The summed E-state index contributed by atoms with van der Waals surface area (Å²) in [6.45, 7) is 8.57. The molecule has 2 aromatic carbocycles. The maximum atomic E-state index is 13.9. The average Bonchev–Trinajstić information content (AvgIpc) is 3.81. The van der Waals surface area contributed by atoms with E-state index in [1.54, 1.807) is 56.5 Å². The number of guanidine groups is 1. The summed E-state index contributed by atoms with van der Waals surface area (Å²) < 4.78 is 22.5. The van der Waals surface area contributed by atoms with E-state index in [0.717, 1.165) is 11.1 Å². The van der Waals surface area contributed by atoms with Gasteiger partial charge in [-0.25, -0.2) is 4.98 Å². The number of carbonyl (C=O) groups is 9. The lowest BCUT2D eigenvalue weighted by molar-refractivity contribution is -0.141. The molecule has 1 aliphatic rings. The Balaban J connectivity index is 1.05. The van der Waals surface area contributed by atoms with Crippen LogP contribution in [0.3, 0.4) is 0 Å². The highest BCUT2D eigenvalue weighted by Gasteiger charge is 2.34. The molecule has 1 fully saturated rings. The van der Waals surface area contributed by atoms with E-state index in [1.165, 1.54) is 6.20 Å². The normalized spacial score (nSPS) is 16.8. The first-order valence-corrected chi connectivity index (χ1v) is 28.2. The second-order valence-corrected chi connectivity index (χ2v) is 19.9. The summed E-state index contributed by atoms with van der Waals surface area (Å²) in [7, 11) is 0. The molecule has 0 radical (unpaired) electrons. The van der Waals surface area contributed by atoms with E-state index >= 15 is 0 Å². The molecule has 8 amide bonds. The third kappa shape index (κ3) is 28.4. The van der Waals surface area contributed by atoms with Crippen LogP contribution in [0.1, 0.15) is 92.3 Å². The van der Waals surface area contributed by atoms with Crippen molar-refractivity contribution in [2.75, 3.05) is 84.4 Å². The molecule has 0 bridgehead atoms. The first kappa shape index (κ1) is 68.7. The number of amides is 8. The highest BCUT2D eigenvalue weighted by atomic mass is 16.5. The smallest absolute Gasteiger partial charge is 0.305 e. The molecule has 1 saturated heterocycles. The van der Waals surface area contributed by atoms with Gasteiger partial charge in [0.25, 0.3) is 5.91 Å². The number of ether oxygens (including phenoxy) is 4. The van der Waals surface area contributed by atoms with E-state index in [9.17, 15) is 48.3 Å². The first-order valence-electron chi connectivity index (χ1n) is 28.2. The number of pyridine rings is 1. The molecule has 4 rings (SSSR count). The second kappa shape index (κ2) is 38.9. The van der Waals surface area contributed by atoms with E-state index in [1.807, 2.05) is 31.2 Å². The molecular formula is C57H82N14O14. The lowest BCUT2D eigenvalue weighted by Crippen LogP contribution is -2.59. The number of benzene rings is 2. The van der Waals surface area contributed by atoms with Crippen molar-refractivity contribution in [3.8, 4) is 5.75 Å². The monoisotopic (exact) mass is 1190 g/mol. The molecule has 0 unspecified atom stereocenters. The van der Waals surface area contributed by atoms with Crippen LogP contribution >= 0.6 is 0 Å². The number of aliphatic imine (C=N–C) groups is 1. The number of hydrogen-bond donors (Lipinski definition) is 12. The van der Waals surface area contributed by atoms with Gasteiger partial charge in [0, 0.05) is 64.9 Å². The Kier molecular flexibility index (Phi) is 31.5. The maximum Gasteiger partial charge on any atom is 0.305 e. The van der Waals surface area contributed by atoms with Crippen molar-refractivity contribution in [3.63, 3.8) is 0 Å². The van der Waals surface area contributed by atoms with Crippen molar-refractivity contribution < 1.29 is 67.2 Å². The summed E-state index contributed by atoms with van der Waals surface area (Å²) in [4.78, 5) is 124. The van der Waals surface area contributed by atoms with Crippen molar-refractivity contribution in [1.29, 1.82) is 0 Å². The molecular weight excluding hydrogens is 1100 g/mol. The van der Waals surface area contributed by atoms with Crippen LogP contribution in [0.25, 0.3) is 0 Å². The van der Waals surface area contributed by atoms with Crippen molar-refractivity contribution in [1.82, 2.24) is 47.5 Å². The van der Waals surface area contributed by atoms with E-state index < -0.39 is 78.6 Å². The zero-order valence-electron chi connectivity index (χ0n) is 48.4. The largest absolute Gasteiger partial charge is 0.494 e. The molecule has 3 aromatic rings. The number of aliphatic carboxylic acids is 1. The Bertz CT molecular complexity index is 2690. The van der Waals surface area contributed by atoms with Crippen LogP contribution in [0.15, 0.2) is 77.0 Å². The van der Waals surface area contributed by atoms with Crippen LogP contribution in [-0.4, -0.2) is 179 Å². The van der Waals surface area contributed by atoms with Crippen LogP contribution in [0, 0.1) is 12.8 Å². The third-order valence-electron chi connectivity index (χ3n) is 12.6. The Hall–Kier alpha value is -8.76. The van der Waals surface area contributed by atoms with Gasteiger partial charge in [0.2, 0.25) is 41.4 Å². The van der Waals surface area contributed by atoms with Crippen LogP contribution in [0.5, 0.6) is 5.75 Å². The van der Waals surface area contributed by atoms with Crippen molar-refractivity contribution in [2.45, 2.75) is 103 Å². The molecule has 0 spiro atoms. The predicted octanol–water partition coefficient (Wildman–Crippen LogP) is -0.327. The summed E-state index contributed by atoms with van der Waals surface area (Å²) in [5, 5.41) is 34.7. The van der Waals surface area contributed by atoms with Crippen molar-refractivity contribution in [3.05, 3.63) is 89.1 Å². The van der Waals surface area contributed by atoms with E-state index in [0.29, 0.717) is 94.7 Å². The number of aryl methyl sites for hydroxylation is 1. The molecule has 28 heteroatoms. The Morgan fingerprint density at radius 3 is 1.93 bits per heavy atom. The molecule has 4 atom stereocenters. The number of carboxylic acid groups (broad SMARTS) is 1. The molecule has 464 valence electrons. The van der Waals surface area contributed by atoms with Gasteiger partial charge in [-0.3, -0.25) is 53.6 Å². The van der Waals surface area contributed by atoms with Crippen LogP contribution in [-0.2, 0) is 59.0 Å². The topological polar surface area (TPSA) is 409 Å². The number of anilines is 1. The highest BCUT2D eigenvalue weighted by molar-refractivity contribution is 5.98. The maximum absolute atomic E-state index is 13.9. The number of carbonyl (C=O) groups excluding carboxylic acids is 8. The highest BCUT2D eigenvalue weighted by Crippen LogP contribution is 2.16. The minimum absolute atomic E-state index is 0.00209. The fourth-order valence-electron chi connectivity index (χ4n) is 7.99. The SMILES string of the molecule is Cc1ccccc1/C=N/Nc1ccc(C(=O)NCCCOCCOCCOCCCNC(=O)CCC(=O)NCCCOc2ccc(C[C@H]3NC(=O)[C@H](CC(=O)O)NC(=O)CNC(=O)[C@H](CCCN=C(N)N)NC(=O)[C@H](C(C)C)NC3=O)cc2)cn1. The Labute approximate surface area is 493 Å². The summed E-state index contributed by atoms with van der Waals surface area (Å²) in [6, 6.07) is 12.4. The molecule has 85 heavy (non-hydrogen) atoms.